The maximum atomic E-state index is 6.58. The molecule has 0 saturated heterocycles. The SMILES string of the molecule is CCCc1cc(Oc2[c-]c3c(cc2)c2ccccc2n3-c2cc(C(C)(C)C)ccn2)[c-]c(-n2cc(-c3c(C)c(C)cc(C)c3C)cn2)c1.[Pt+2]. The Balaban J connectivity index is 0.00000417. The van der Waals surface area contributed by atoms with Gasteiger partial charge < -0.3 is 9.30 Å². The van der Waals surface area contributed by atoms with Crippen LogP contribution in [0.25, 0.3) is 44.4 Å². The van der Waals surface area contributed by atoms with Gasteiger partial charge in [0.15, 0.2) is 0 Å². The molecule has 0 N–H and O–H groups in total. The molecule has 0 unspecified atom stereocenters. The summed E-state index contributed by atoms with van der Waals surface area (Å²) >= 11 is 0. The number of aryl methyl sites for hydroxylation is 3. The molecule has 0 fully saturated rings. The number of nitrogens with zero attached hydrogens (tertiary/aromatic N) is 4. The zero-order valence-electron chi connectivity index (χ0n) is 29.5. The molecule has 5 nitrogen and oxygen atoms in total. The summed E-state index contributed by atoms with van der Waals surface area (Å²) in [6.07, 6.45) is 7.91. The number of pyridine rings is 1. The van der Waals surface area contributed by atoms with Crippen molar-refractivity contribution in [2.45, 2.75) is 73.6 Å². The van der Waals surface area contributed by atoms with E-state index in [-0.39, 0.29) is 26.5 Å². The smallest absolute Gasteiger partial charge is 0.509 e. The fourth-order valence-electron chi connectivity index (χ4n) is 6.73. The van der Waals surface area contributed by atoms with E-state index in [2.05, 4.69) is 139 Å². The number of fused-ring (bicyclic) bond motifs is 3. The van der Waals surface area contributed by atoms with Gasteiger partial charge in [0.05, 0.1) is 6.20 Å². The minimum absolute atomic E-state index is 0. The summed E-state index contributed by atoms with van der Waals surface area (Å²) in [5.74, 6) is 2.12. The first-order valence-corrected chi connectivity index (χ1v) is 16.8. The summed E-state index contributed by atoms with van der Waals surface area (Å²) in [7, 11) is 0. The number of para-hydroxylation sites is 1. The van der Waals surface area contributed by atoms with Crippen LogP contribution in [0.3, 0.4) is 0 Å². The fourth-order valence-corrected chi connectivity index (χ4v) is 6.73. The van der Waals surface area contributed by atoms with E-state index in [9.17, 15) is 0 Å². The molecule has 7 aromatic rings. The van der Waals surface area contributed by atoms with Gasteiger partial charge in [-0.1, -0.05) is 70.3 Å². The van der Waals surface area contributed by atoms with E-state index < -0.39 is 0 Å². The molecule has 0 amide bonds. The molecule has 3 heterocycles. The Morgan fingerprint density at radius 1 is 0.816 bits per heavy atom. The van der Waals surface area contributed by atoms with Crippen molar-refractivity contribution < 1.29 is 25.8 Å². The van der Waals surface area contributed by atoms with Gasteiger partial charge in [-0.05, 0) is 95.8 Å². The second kappa shape index (κ2) is 13.4. The van der Waals surface area contributed by atoms with Crippen LogP contribution in [0.1, 0.15) is 67.5 Å². The minimum atomic E-state index is -0.00252. The van der Waals surface area contributed by atoms with E-state index in [4.69, 9.17) is 14.8 Å². The van der Waals surface area contributed by atoms with Crippen molar-refractivity contribution in [2.24, 2.45) is 0 Å². The Labute approximate surface area is 304 Å². The molecule has 0 radical (unpaired) electrons. The first-order chi connectivity index (χ1) is 23.0. The van der Waals surface area contributed by atoms with Gasteiger partial charge >= 0.3 is 21.1 Å². The number of benzene rings is 4. The Morgan fingerprint density at radius 3 is 2.31 bits per heavy atom. The van der Waals surface area contributed by atoms with Gasteiger partial charge in [-0.2, -0.15) is 16.7 Å². The molecule has 0 aliphatic rings. The van der Waals surface area contributed by atoms with Crippen molar-refractivity contribution in [2.75, 3.05) is 0 Å². The predicted molar refractivity (Wildman–Crippen MR) is 197 cm³/mol. The third-order valence-electron chi connectivity index (χ3n) is 9.53. The Morgan fingerprint density at radius 2 is 1.57 bits per heavy atom. The molecule has 49 heavy (non-hydrogen) atoms. The quantitative estimate of drug-likeness (QED) is 0.150. The molecule has 0 spiro atoms. The predicted octanol–water partition coefficient (Wildman–Crippen LogP) is 10.9. The van der Waals surface area contributed by atoms with E-state index in [1.807, 2.05) is 23.1 Å². The van der Waals surface area contributed by atoms with Gasteiger partial charge in [0.1, 0.15) is 5.82 Å². The molecule has 3 aromatic heterocycles. The fraction of sp³-hybridized carbons (Fsp3) is 0.256. The van der Waals surface area contributed by atoms with Crippen molar-refractivity contribution >= 4 is 21.8 Å². The van der Waals surface area contributed by atoms with E-state index in [1.165, 1.54) is 38.9 Å². The largest absolute Gasteiger partial charge is 2.00 e. The van der Waals surface area contributed by atoms with Crippen LogP contribution >= 0.6 is 0 Å². The molecule has 0 aliphatic carbocycles. The van der Waals surface area contributed by atoms with E-state index in [0.29, 0.717) is 11.5 Å². The number of hydrogen-bond donors (Lipinski definition) is 0. The van der Waals surface area contributed by atoms with Crippen LogP contribution in [0, 0.1) is 39.8 Å². The number of rotatable bonds is 7. The van der Waals surface area contributed by atoms with Crippen LogP contribution in [0.15, 0.2) is 85.3 Å². The molecule has 0 bridgehead atoms. The maximum Gasteiger partial charge on any atom is 2.00 e. The summed E-state index contributed by atoms with van der Waals surface area (Å²) in [6.45, 7) is 17.6. The van der Waals surface area contributed by atoms with Crippen molar-refractivity contribution in [3.05, 3.63) is 131 Å². The molecule has 7 rings (SSSR count). The molecule has 0 atom stereocenters. The average molecular weight is 826 g/mol. The van der Waals surface area contributed by atoms with Gasteiger partial charge in [-0.15, -0.1) is 35.7 Å². The summed E-state index contributed by atoms with van der Waals surface area (Å²) < 4.78 is 10.7. The number of aromatic nitrogens is 4. The zero-order valence-corrected chi connectivity index (χ0v) is 31.8. The van der Waals surface area contributed by atoms with Crippen molar-refractivity contribution in [1.29, 1.82) is 0 Å². The van der Waals surface area contributed by atoms with Crippen molar-refractivity contribution in [3.8, 4) is 34.1 Å². The summed E-state index contributed by atoms with van der Waals surface area (Å²) in [5, 5.41) is 7.06. The van der Waals surface area contributed by atoms with Crippen LogP contribution < -0.4 is 4.74 Å². The van der Waals surface area contributed by atoms with Crippen LogP contribution in [0.2, 0.25) is 0 Å². The minimum Gasteiger partial charge on any atom is -0.509 e. The van der Waals surface area contributed by atoms with Crippen molar-refractivity contribution in [3.63, 3.8) is 0 Å². The second-order valence-electron chi connectivity index (χ2n) is 14.0. The molecule has 250 valence electrons. The van der Waals surface area contributed by atoms with Crippen molar-refractivity contribution in [1.82, 2.24) is 19.3 Å². The second-order valence-corrected chi connectivity index (χ2v) is 14.0. The number of ether oxygens (including phenoxy) is 1. The van der Waals surface area contributed by atoms with Crippen LogP contribution in [0.4, 0.5) is 0 Å². The van der Waals surface area contributed by atoms with E-state index >= 15 is 0 Å². The summed E-state index contributed by atoms with van der Waals surface area (Å²) in [4.78, 5) is 4.82. The van der Waals surface area contributed by atoms with Gasteiger partial charge in [0, 0.05) is 35.0 Å². The Hall–Kier alpha value is -4.47. The molecule has 4 aromatic carbocycles. The Kier molecular flexibility index (Phi) is 9.44. The van der Waals surface area contributed by atoms with Gasteiger partial charge in [0.2, 0.25) is 0 Å². The number of hydrogen-bond acceptors (Lipinski definition) is 3. The topological polar surface area (TPSA) is 44.9 Å². The summed E-state index contributed by atoms with van der Waals surface area (Å²) in [6, 6.07) is 30.5. The van der Waals surface area contributed by atoms with Crippen LogP contribution in [0.5, 0.6) is 11.5 Å². The average Bonchev–Trinajstić information content (AvgIpc) is 3.67. The van der Waals surface area contributed by atoms with Gasteiger partial charge in [-0.3, -0.25) is 4.68 Å². The van der Waals surface area contributed by atoms with Gasteiger partial charge in [0.25, 0.3) is 0 Å². The van der Waals surface area contributed by atoms with Crippen LogP contribution in [-0.2, 0) is 32.9 Å². The molecule has 0 aliphatic heterocycles. The third kappa shape index (κ3) is 6.49. The van der Waals surface area contributed by atoms with Crippen LogP contribution in [-0.4, -0.2) is 19.3 Å². The molecule has 6 heteroatoms. The molecular formula is C43H42N4OPt. The molecular weight excluding hydrogens is 784 g/mol. The maximum absolute atomic E-state index is 6.58. The van der Waals surface area contributed by atoms with E-state index in [0.717, 1.165) is 51.7 Å². The third-order valence-corrected chi connectivity index (χ3v) is 9.53. The molecule has 0 saturated carbocycles. The first-order valence-electron chi connectivity index (χ1n) is 16.8. The standard InChI is InChI=1S/C43H42N4O.Pt/c1-9-12-31-20-34(46-26-32(25-45-46)42-29(4)27(2)19-28(3)30(42)5)23-36(21-31)48-35-15-16-38-37-13-10-11-14-39(37)47(40(38)24-35)41-22-33(17-18-44-41)43(6,7)8;/h10-11,13-22,25-26H,9,12H2,1-8H3;/q-2;+2. The summed E-state index contributed by atoms with van der Waals surface area (Å²) in [5.41, 5.74) is 12.8. The first kappa shape index (κ1) is 34.4. The van der Waals surface area contributed by atoms with Gasteiger partial charge in [-0.25, -0.2) is 4.98 Å². The van der Waals surface area contributed by atoms with E-state index in [1.54, 1.807) is 0 Å². The normalized spacial score (nSPS) is 11.7. The zero-order chi connectivity index (χ0) is 33.7. The monoisotopic (exact) mass is 825 g/mol. The Bertz CT molecular complexity index is 2300.